The Morgan fingerprint density at radius 3 is 1.67 bits per heavy atom. The first-order chi connectivity index (χ1) is 9.77. The Hall–Kier alpha value is 1.85. The maximum absolute atomic E-state index is 10.2. The van der Waals surface area contributed by atoms with Crippen molar-refractivity contribution in [2.45, 2.75) is 87.1 Å². The molecule has 0 aromatic rings. The summed E-state index contributed by atoms with van der Waals surface area (Å²) in [4.78, 5) is 10.2. The van der Waals surface area contributed by atoms with E-state index in [2.05, 4.69) is 12.2 Å². The first kappa shape index (κ1) is 25.1. The molecule has 0 saturated carbocycles. The van der Waals surface area contributed by atoms with Crippen LogP contribution in [-0.4, -0.2) is 33.9 Å². The minimum absolute atomic E-state index is 0. The zero-order valence-electron chi connectivity index (χ0n) is 14.4. The summed E-state index contributed by atoms with van der Waals surface area (Å²) >= 11 is 1.37. The molecular formula is C17H30KNaO2. The van der Waals surface area contributed by atoms with Crippen molar-refractivity contribution in [1.82, 2.24) is 0 Å². The Morgan fingerprint density at radius 2 is 1.19 bits per heavy atom. The molecule has 0 fully saturated rings. The molecule has 0 saturated heterocycles. The number of carboxylic acid groups (broad SMARTS) is 1. The molecule has 4 heteroatoms. The number of rotatable bonds is 15. The maximum Gasteiger partial charge on any atom is 1.00 e. The third-order valence-electron chi connectivity index (χ3n) is 3.64. The summed E-state index contributed by atoms with van der Waals surface area (Å²) in [5.41, 5.74) is 0. The van der Waals surface area contributed by atoms with Crippen molar-refractivity contribution in [3.8, 4) is 0 Å². The fourth-order valence-electron chi connectivity index (χ4n) is 2.34. The number of carbonyl (C=O) groups excluding carboxylic acids is 1. The van der Waals surface area contributed by atoms with Crippen LogP contribution in [-0.2, 0) is 4.79 Å². The van der Waals surface area contributed by atoms with E-state index in [1.165, 1.54) is 89.4 Å². The first-order valence-electron chi connectivity index (χ1n) is 8.62. The van der Waals surface area contributed by atoms with E-state index in [1.54, 1.807) is 0 Å². The molecule has 21 heavy (non-hydrogen) atoms. The zero-order chi connectivity index (χ0) is 14.9. The molecule has 0 atom stereocenters. The van der Waals surface area contributed by atoms with Crippen molar-refractivity contribution in [2.75, 3.05) is 0 Å². The van der Waals surface area contributed by atoms with Crippen LogP contribution in [0.2, 0.25) is 3.67 Å². The molecule has 0 aliphatic rings. The molecule has 0 bridgehead atoms. The van der Waals surface area contributed by atoms with Gasteiger partial charge in [-0.05, 0) is 12.8 Å². The summed E-state index contributed by atoms with van der Waals surface area (Å²) in [5, 5.41) is 10.2. The predicted octanol–water partition coefficient (Wildman–Crippen LogP) is 0.955. The van der Waals surface area contributed by atoms with Gasteiger partial charge in [-0.15, -0.1) is 0 Å². The molecule has 0 N–H and O–H groups in total. The van der Waals surface area contributed by atoms with E-state index in [0.29, 0.717) is 0 Å². The fraction of sp³-hybridized carbons (Fsp3) is 0.824. The van der Waals surface area contributed by atoms with E-state index >= 15 is 0 Å². The van der Waals surface area contributed by atoms with Crippen LogP contribution >= 0.6 is 0 Å². The second-order valence-corrected chi connectivity index (χ2v) is 6.71. The molecule has 0 radical (unpaired) electrons. The largest absolute Gasteiger partial charge is 1.00 e. The first-order valence-corrected chi connectivity index (χ1v) is 10.0. The Kier molecular flexibility index (Phi) is 26.1. The van der Waals surface area contributed by atoms with E-state index in [1.807, 2.05) is 0 Å². The smallest absolute Gasteiger partial charge is 1.00 e. The second-order valence-electron chi connectivity index (χ2n) is 5.71. The second kappa shape index (κ2) is 21.8. The molecule has 0 aromatic carbocycles. The third-order valence-corrected chi connectivity index (χ3v) is 4.35. The fourth-order valence-corrected chi connectivity index (χ4v) is 2.84. The Balaban J connectivity index is 0. The van der Waals surface area contributed by atoms with Crippen molar-refractivity contribution >= 4 is 33.9 Å². The minimum atomic E-state index is -0.913. The standard InChI is InChI=1S/C17H31O2.K.Na/c1-2-3-4-5-6-7-8-9-10-11-12-13-14-15-16-17(18)19;;/h8-9H,1-7,10-16H2,(H,18,19);;/q;+1;/p-1/b9-8-;;. The van der Waals surface area contributed by atoms with E-state index in [0.717, 1.165) is 19.3 Å². The van der Waals surface area contributed by atoms with Gasteiger partial charge in [0.2, 0.25) is 0 Å². The Bertz CT molecular complexity index is 245. The van der Waals surface area contributed by atoms with Gasteiger partial charge in [-0.2, -0.15) is 0 Å². The van der Waals surface area contributed by atoms with Crippen molar-refractivity contribution in [3.05, 3.63) is 12.2 Å². The average molecular weight is 329 g/mol. The van der Waals surface area contributed by atoms with E-state index in [4.69, 9.17) is 0 Å². The van der Waals surface area contributed by atoms with Crippen molar-refractivity contribution in [1.29, 1.82) is 0 Å². The molecular weight excluding hydrogens is 298 g/mol. The summed E-state index contributed by atoms with van der Waals surface area (Å²) in [6, 6.07) is 0. The van der Waals surface area contributed by atoms with Gasteiger partial charge in [-0.1, -0.05) is 12.8 Å². The zero-order valence-corrected chi connectivity index (χ0v) is 19.5. The van der Waals surface area contributed by atoms with Crippen LogP contribution in [0.25, 0.3) is 0 Å². The molecule has 0 aromatic heterocycles. The van der Waals surface area contributed by atoms with Gasteiger partial charge in [0.15, 0.2) is 0 Å². The Labute approximate surface area is 191 Å². The van der Waals surface area contributed by atoms with Crippen molar-refractivity contribution in [3.63, 3.8) is 0 Å². The van der Waals surface area contributed by atoms with Gasteiger partial charge in [0, 0.05) is 5.97 Å². The number of carboxylic acids is 1. The summed E-state index contributed by atoms with van der Waals surface area (Å²) in [5.74, 6) is -0.913. The molecule has 0 amide bonds. The molecule has 0 spiro atoms. The molecule has 0 rings (SSSR count). The number of unbranched alkanes of at least 4 members (excludes halogenated alkanes) is 10. The van der Waals surface area contributed by atoms with Crippen molar-refractivity contribution < 1.29 is 61.3 Å². The summed E-state index contributed by atoms with van der Waals surface area (Å²) in [6.07, 6.45) is 19.8. The monoisotopic (exact) mass is 328 g/mol. The van der Waals surface area contributed by atoms with E-state index < -0.39 is 5.97 Å². The third kappa shape index (κ3) is 24.2. The maximum atomic E-state index is 10.2. The van der Waals surface area contributed by atoms with Crippen LogP contribution < -0.4 is 56.5 Å². The topological polar surface area (TPSA) is 40.1 Å². The van der Waals surface area contributed by atoms with Crippen LogP contribution in [0.4, 0.5) is 0 Å². The number of aliphatic carboxylic acids is 1. The molecule has 0 aliphatic carbocycles. The molecule has 0 unspecified atom stereocenters. The van der Waals surface area contributed by atoms with E-state index in [9.17, 15) is 9.90 Å². The SMILES string of the molecule is O=C([O-])CCCCCCC/C=C\CCCCCC[CH2][Na].[K+]. The van der Waals surface area contributed by atoms with Gasteiger partial charge in [0.25, 0.3) is 0 Å². The summed E-state index contributed by atoms with van der Waals surface area (Å²) < 4.78 is 1.47. The number of hydrogen-bond acceptors (Lipinski definition) is 2. The van der Waals surface area contributed by atoms with Crippen LogP contribution in [0.1, 0.15) is 83.5 Å². The van der Waals surface area contributed by atoms with Gasteiger partial charge in [0.05, 0.1) is 0 Å². The summed E-state index contributed by atoms with van der Waals surface area (Å²) in [6.45, 7) is 0. The number of allylic oxidation sites excluding steroid dienone is 2. The Morgan fingerprint density at radius 1 is 0.762 bits per heavy atom. The van der Waals surface area contributed by atoms with Crippen LogP contribution in [0, 0.1) is 0 Å². The summed E-state index contributed by atoms with van der Waals surface area (Å²) in [7, 11) is 0. The van der Waals surface area contributed by atoms with Gasteiger partial charge in [0.1, 0.15) is 0 Å². The van der Waals surface area contributed by atoms with Crippen molar-refractivity contribution in [2.24, 2.45) is 0 Å². The van der Waals surface area contributed by atoms with Crippen LogP contribution in [0.15, 0.2) is 12.2 Å². The van der Waals surface area contributed by atoms with Gasteiger partial charge >= 0.3 is 153 Å². The normalized spacial score (nSPS) is 10.8. The van der Waals surface area contributed by atoms with Gasteiger partial charge < -0.3 is 9.90 Å². The average Bonchev–Trinajstić information content (AvgIpc) is 2.43. The quantitative estimate of drug-likeness (QED) is 0.255. The van der Waals surface area contributed by atoms with Crippen LogP contribution in [0.3, 0.4) is 0 Å². The molecule has 2 nitrogen and oxygen atoms in total. The molecule has 0 heterocycles. The number of hydrogen-bond donors (Lipinski definition) is 0. The predicted molar refractivity (Wildman–Crippen MR) is 84.7 cm³/mol. The van der Waals surface area contributed by atoms with Gasteiger partial charge in [-0.3, -0.25) is 0 Å². The van der Waals surface area contributed by atoms with E-state index in [-0.39, 0.29) is 57.8 Å². The number of carbonyl (C=O) groups is 1. The minimum Gasteiger partial charge on any atom is 1.00 e. The molecule has 112 valence electrons. The molecule has 0 aliphatic heterocycles. The van der Waals surface area contributed by atoms with Gasteiger partial charge in [-0.25, -0.2) is 0 Å². The van der Waals surface area contributed by atoms with Crippen LogP contribution in [0.5, 0.6) is 0 Å².